The van der Waals surface area contributed by atoms with Gasteiger partial charge in [-0.05, 0) is 17.7 Å². The van der Waals surface area contributed by atoms with Gasteiger partial charge in [-0.1, -0.05) is 6.07 Å². The van der Waals surface area contributed by atoms with Gasteiger partial charge in [-0.25, -0.2) is 0 Å². The molecule has 0 saturated carbocycles. The molecule has 5 heteroatoms. The van der Waals surface area contributed by atoms with Crippen molar-refractivity contribution in [1.82, 2.24) is 10.6 Å². The first-order valence-electron chi connectivity index (χ1n) is 5.70. The second kappa shape index (κ2) is 4.25. The maximum Gasteiger partial charge on any atom is 0.231 e. The van der Waals surface area contributed by atoms with E-state index in [-0.39, 0.29) is 18.6 Å². The monoisotopic (exact) mass is 234 g/mol. The van der Waals surface area contributed by atoms with Crippen LogP contribution in [0.25, 0.3) is 0 Å². The highest BCUT2D eigenvalue weighted by molar-refractivity contribution is 5.80. The SMILES string of the molecule is O=C(NCc1ccc2c(c1)OCO2)C1CNC1. The number of carbonyl (C=O) groups excluding carboxylic acids is 1. The van der Waals surface area contributed by atoms with E-state index in [4.69, 9.17) is 9.47 Å². The standard InChI is InChI=1S/C12H14N2O3/c15-12(9-5-13-6-9)14-4-8-1-2-10-11(3-8)17-7-16-10/h1-3,9,13H,4-7H2,(H,14,15). The smallest absolute Gasteiger partial charge is 0.231 e. The van der Waals surface area contributed by atoms with Crippen LogP contribution in [0.1, 0.15) is 5.56 Å². The second-order valence-electron chi connectivity index (χ2n) is 4.26. The Kier molecular flexibility index (Phi) is 2.60. The Bertz CT molecular complexity index is 443. The van der Waals surface area contributed by atoms with Crippen molar-refractivity contribution in [3.63, 3.8) is 0 Å². The van der Waals surface area contributed by atoms with Crippen LogP contribution < -0.4 is 20.1 Å². The number of hydrogen-bond acceptors (Lipinski definition) is 4. The number of ether oxygens (including phenoxy) is 2. The molecule has 0 radical (unpaired) electrons. The van der Waals surface area contributed by atoms with Crippen molar-refractivity contribution in [2.75, 3.05) is 19.9 Å². The summed E-state index contributed by atoms with van der Waals surface area (Å²) in [7, 11) is 0. The first-order valence-corrected chi connectivity index (χ1v) is 5.70. The predicted octanol–water partition coefficient (Wildman–Crippen LogP) is 0.251. The first kappa shape index (κ1) is 10.4. The molecule has 3 rings (SSSR count). The van der Waals surface area contributed by atoms with Crippen molar-refractivity contribution in [2.24, 2.45) is 5.92 Å². The molecular weight excluding hydrogens is 220 g/mol. The van der Waals surface area contributed by atoms with Gasteiger partial charge in [0.15, 0.2) is 11.5 Å². The number of benzene rings is 1. The zero-order valence-corrected chi connectivity index (χ0v) is 9.36. The number of rotatable bonds is 3. The van der Waals surface area contributed by atoms with Gasteiger partial charge in [-0.3, -0.25) is 4.79 Å². The molecule has 1 fully saturated rings. The molecular formula is C12H14N2O3. The van der Waals surface area contributed by atoms with Crippen LogP contribution in [-0.2, 0) is 11.3 Å². The van der Waals surface area contributed by atoms with E-state index in [1.807, 2.05) is 18.2 Å². The summed E-state index contributed by atoms with van der Waals surface area (Å²) in [5, 5.41) is 5.99. The maximum absolute atomic E-state index is 11.6. The second-order valence-corrected chi connectivity index (χ2v) is 4.26. The highest BCUT2D eigenvalue weighted by atomic mass is 16.7. The van der Waals surface area contributed by atoms with Crippen LogP contribution in [0.15, 0.2) is 18.2 Å². The Labute approximate surface area is 99.1 Å². The van der Waals surface area contributed by atoms with Crippen LogP contribution in [0, 0.1) is 5.92 Å². The normalized spacial score (nSPS) is 17.6. The largest absolute Gasteiger partial charge is 0.454 e. The third-order valence-corrected chi connectivity index (χ3v) is 3.06. The topological polar surface area (TPSA) is 59.6 Å². The quantitative estimate of drug-likeness (QED) is 0.787. The Hall–Kier alpha value is -1.75. The predicted molar refractivity (Wildman–Crippen MR) is 60.8 cm³/mol. The van der Waals surface area contributed by atoms with Crippen molar-refractivity contribution < 1.29 is 14.3 Å². The summed E-state index contributed by atoms with van der Waals surface area (Å²) in [5.74, 6) is 1.76. The van der Waals surface area contributed by atoms with Gasteiger partial charge in [0.05, 0.1) is 5.92 Å². The number of nitrogens with one attached hydrogen (secondary N) is 2. The van der Waals surface area contributed by atoms with E-state index in [0.29, 0.717) is 6.54 Å². The summed E-state index contributed by atoms with van der Waals surface area (Å²) in [6.07, 6.45) is 0. The highest BCUT2D eigenvalue weighted by Crippen LogP contribution is 2.32. The van der Waals surface area contributed by atoms with Crippen molar-refractivity contribution in [1.29, 1.82) is 0 Å². The number of hydrogen-bond donors (Lipinski definition) is 2. The van der Waals surface area contributed by atoms with Crippen LogP contribution >= 0.6 is 0 Å². The minimum Gasteiger partial charge on any atom is -0.454 e. The van der Waals surface area contributed by atoms with Gasteiger partial charge < -0.3 is 20.1 Å². The fraction of sp³-hybridized carbons (Fsp3) is 0.417. The van der Waals surface area contributed by atoms with Crippen molar-refractivity contribution in [3.05, 3.63) is 23.8 Å². The van der Waals surface area contributed by atoms with E-state index in [2.05, 4.69) is 10.6 Å². The van der Waals surface area contributed by atoms with E-state index in [1.54, 1.807) is 0 Å². The van der Waals surface area contributed by atoms with Crippen LogP contribution in [0.3, 0.4) is 0 Å². The molecule has 0 spiro atoms. The van der Waals surface area contributed by atoms with Gasteiger partial charge in [-0.2, -0.15) is 0 Å². The Morgan fingerprint density at radius 3 is 2.94 bits per heavy atom. The van der Waals surface area contributed by atoms with E-state index >= 15 is 0 Å². The van der Waals surface area contributed by atoms with Gasteiger partial charge in [0.25, 0.3) is 0 Å². The third-order valence-electron chi connectivity index (χ3n) is 3.06. The fourth-order valence-electron chi connectivity index (χ4n) is 1.86. The molecule has 2 heterocycles. The van der Waals surface area contributed by atoms with Crippen molar-refractivity contribution in [3.8, 4) is 11.5 Å². The molecule has 0 atom stereocenters. The molecule has 90 valence electrons. The van der Waals surface area contributed by atoms with Gasteiger partial charge in [0.2, 0.25) is 12.7 Å². The molecule has 2 aliphatic heterocycles. The van der Waals surface area contributed by atoms with E-state index in [0.717, 1.165) is 30.2 Å². The molecule has 2 aliphatic rings. The summed E-state index contributed by atoms with van der Waals surface area (Å²) in [4.78, 5) is 11.6. The first-order chi connectivity index (χ1) is 8.33. The molecule has 5 nitrogen and oxygen atoms in total. The lowest BCUT2D eigenvalue weighted by Crippen LogP contribution is -2.50. The van der Waals surface area contributed by atoms with Crippen LogP contribution in [-0.4, -0.2) is 25.8 Å². The van der Waals surface area contributed by atoms with Gasteiger partial charge in [-0.15, -0.1) is 0 Å². The lowest BCUT2D eigenvalue weighted by molar-refractivity contribution is -0.126. The molecule has 0 unspecified atom stereocenters. The van der Waals surface area contributed by atoms with Crippen LogP contribution in [0.2, 0.25) is 0 Å². The molecule has 1 aromatic carbocycles. The van der Waals surface area contributed by atoms with Crippen molar-refractivity contribution >= 4 is 5.91 Å². The summed E-state index contributed by atoms with van der Waals surface area (Å²) in [6, 6.07) is 5.71. The summed E-state index contributed by atoms with van der Waals surface area (Å²) < 4.78 is 10.5. The Morgan fingerprint density at radius 1 is 1.35 bits per heavy atom. The number of fused-ring (bicyclic) bond motifs is 1. The molecule has 0 aromatic heterocycles. The molecule has 1 saturated heterocycles. The van der Waals surface area contributed by atoms with E-state index in [9.17, 15) is 4.79 Å². The molecule has 0 aliphatic carbocycles. The average Bonchev–Trinajstić information content (AvgIpc) is 2.71. The minimum absolute atomic E-state index is 0.112. The lowest BCUT2D eigenvalue weighted by Gasteiger charge is -2.25. The number of amides is 1. The fourth-order valence-corrected chi connectivity index (χ4v) is 1.86. The highest BCUT2D eigenvalue weighted by Gasteiger charge is 2.24. The minimum atomic E-state index is 0.112. The molecule has 17 heavy (non-hydrogen) atoms. The lowest BCUT2D eigenvalue weighted by atomic mass is 10.0. The van der Waals surface area contributed by atoms with E-state index < -0.39 is 0 Å². The van der Waals surface area contributed by atoms with Gasteiger partial charge in [0, 0.05) is 19.6 Å². The van der Waals surface area contributed by atoms with Gasteiger partial charge in [0.1, 0.15) is 0 Å². The Morgan fingerprint density at radius 2 is 2.18 bits per heavy atom. The Balaban J connectivity index is 1.59. The third kappa shape index (κ3) is 2.06. The zero-order valence-electron chi connectivity index (χ0n) is 9.36. The van der Waals surface area contributed by atoms with Gasteiger partial charge >= 0.3 is 0 Å². The van der Waals surface area contributed by atoms with Crippen LogP contribution in [0.5, 0.6) is 11.5 Å². The van der Waals surface area contributed by atoms with Crippen molar-refractivity contribution in [2.45, 2.75) is 6.54 Å². The number of carbonyl (C=O) groups is 1. The molecule has 2 N–H and O–H groups in total. The average molecular weight is 234 g/mol. The van der Waals surface area contributed by atoms with Crippen LogP contribution in [0.4, 0.5) is 0 Å². The zero-order chi connectivity index (χ0) is 11.7. The summed E-state index contributed by atoms with van der Waals surface area (Å²) >= 11 is 0. The maximum atomic E-state index is 11.6. The molecule has 0 bridgehead atoms. The molecule has 1 amide bonds. The summed E-state index contributed by atoms with van der Waals surface area (Å²) in [6.45, 7) is 2.38. The summed E-state index contributed by atoms with van der Waals surface area (Å²) in [5.41, 5.74) is 1.02. The molecule has 1 aromatic rings. The van der Waals surface area contributed by atoms with E-state index in [1.165, 1.54) is 0 Å².